The van der Waals surface area contributed by atoms with Crippen LogP contribution in [0.3, 0.4) is 0 Å². The zero-order valence-corrected chi connectivity index (χ0v) is 31.4. The van der Waals surface area contributed by atoms with Gasteiger partial charge in [0.15, 0.2) is 10.8 Å². The Kier molecular flexibility index (Phi) is 15.0. The minimum Gasteiger partial charge on any atom is -0.410 e. The van der Waals surface area contributed by atoms with Crippen LogP contribution in [0.15, 0.2) is 51.9 Å². The van der Waals surface area contributed by atoms with E-state index in [1.165, 1.54) is 24.1 Å². The summed E-state index contributed by atoms with van der Waals surface area (Å²) in [6.07, 6.45) is -8.31. The summed E-state index contributed by atoms with van der Waals surface area (Å²) < 4.78 is 113. The van der Waals surface area contributed by atoms with Gasteiger partial charge in [0.2, 0.25) is 15.9 Å². The van der Waals surface area contributed by atoms with E-state index in [9.17, 15) is 49.1 Å². The molecule has 2 aromatic heterocycles. The molecule has 54 heavy (non-hydrogen) atoms. The third-order valence-electron chi connectivity index (χ3n) is 7.47. The number of H-pyrrole nitrogens is 1. The molecule has 3 heterocycles. The van der Waals surface area contributed by atoms with Crippen LogP contribution >= 0.6 is 11.3 Å². The number of sulfonamides is 1. The van der Waals surface area contributed by atoms with E-state index >= 15 is 0 Å². The quantitative estimate of drug-likeness (QED) is 0.240. The number of aromatic amines is 1. The molecular weight excluding hydrogens is 773 g/mol. The average molecular weight is 812 g/mol. The highest BCUT2D eigenvalue weighted by atomic mass is 32.2. The molecule has 1 aromatic carbocycles. The predicted molar refractivity (Wildman–Crippen MR) is 188 cm³/mol. The second-order valence-corrected chi connectivity index (χ2v) is 13.7. The Hall–Kier alpha value is -4.70. The molecule has 5 rings (SSSR count). The molecular formula is C32H39F6N7O7S2. The number of hydrogen-bond acceptors (Lipinski definition) is 11. The highest BCUT2D eigenvalue weighted by Gasteiger charge is 2.42. The Balaban J connectivity index is 0.00000190. The van der Waals surface area contributed by atoms with E-state index in [4.69, 9.17) is 0 Å². The summed E-state index contributed by atoms with van der Waals surface area (Å²) in [6.45, 7) is 7.12. The Morgan fingerprint density at radius 3 is 2.24 bits per heavy atom. The number of nitrogens with one attached hydrogen (secondary N) is 3. The molecule has 0 saturated carbocycles. The van der Waals surface area contributed by atoms with Gasteiger partial charge >= 0.3 is 12.7 Å². The summed E-state index contributed by atoms with van der Waals surface area (Å²) in [5, 5.41) is 11.1. The van der Waals surface area contributed by atoms with Gasteiger partial charge in [0, 0.05) is 39.6 Å². The number of piperazine rings is 1. The van der Waals surface area contributed by atoms with Gasteiger partial charge in [-0.05, 0) is 42.7 Å². The standard InChI is InChI=1S/C28H27F6N7O7S2.2C2H6/c1-35-24(43)21-20-22(25(44)39-38-21)49-26(37-20)40-11-12-41(50(45,46)18-4-2-3-16(9-10-18)47-27(29,30)31)19(14-40)23(42)36-13-15-5-7-17(8-6-15)48-28(32,33)34;2*1-2/h5-10,19H,2-4,11-14H2,1H3,(H,35,43)(H,36,42)(H,39,44);2*1-2H3/t19-;;/m1../s1. The molecule has 0 unspecified atom stereocenters. The molecule has 2 amide bonds. The number of anilines is 1. The molecule has 298 valence electrons. The van der Waals surface area contributed by atoms with E-state index in [2.05, 4.69) is 35.3 Å². The van der Waals surface area contributed by atoms with Gasteiger partial charge in [-0.25, -0.2) is 18.5 Å². The third-order valence-corrected chi connectivity index (χ3v) is 10.6. The molecule has 14 nitrogen and oxygen atoms in total. The molecule has 0 radical (unpaired) electrons. The van der Waals surface area contributed by atoms with E-state index in [-0.39, 0.29) is 71.4 Å². The van der Waals surface area contributed by atoms with Crippen molar-refractivity contribution >= 4 is 48.5 Å². The Morgan fingerprint density at radius 2 is 1.63 bits per heavy atom. The molecule has 1 atom stereocenters. The normalized spacial score (nSPS) is 16.7. The molecule has 22 heteroatoms. The van der Waals surface area contributed by atoms with Crippen LogP contribution in [0.2, 0.25) is 0 Å². The zero-order chi connectivity index (χ0) is 40.4. The van der Waals surface area contributed by atoms with Crippen molar-refractivity contribution in [1.29, 1.82) is 0 Å². The fourth-order valence-electron chi connectivity index (χ4n) is 5.19. The fourth-order valence-corrected chi connectivity index (χ4v) is 7.95. The number of nitrogens with zero attached hydrogens (tertiary/aromatic N) is 4. The maximum atomic E-state index is 14.0. The van der Waals surface area contributed by atoms with Crippen molar-refractivity contribution in [2.45, 2.75) is 72.3 Å². The van der Waals surface area contributed by atoms with Crippen molar-refractivity contribution in [3.8, 4) is 5.75 Å². The van der Waals surface area contributed by atoms with Crippen molar-refractivity contribution < 1.29 is 53.8 Å². The number of aromatic nitrogens is 3. The first-order valence-electron chi connectivity index (χ1n) is 16.6. The minimum atomic E-state index is -4.98. The van der Waals surface area contributed by atoms with Crippen LogP contribution in [-0.4, -0.2) is 85.2 Å². The number of carbonyl (C=O) groups excluding carboxylic acids is 2. The SMILES string of the molecule is CC.CC.CNC(=O)c1n[nH]c(=O)c2sc(N3CCN(S(=O)(=O)C4=CC=C(OC(F)(F)F)CCC4)[C@@H](C(=O)NCc4ccc(OC(F)(F)F)cc4)C3)nc12. The highest BCUT2D eigenvalue weighted by molar-refractivity contribution is 7.93. The van der Waals surface area contributed by atoms with E-state index < -0.39 is 57.7 Å². The molecule has 1 saturated heterocycles. The van der Waals surface area contributed by atoms with E-state index in [1.54, 1.807) is 0 Å². The second-order valence-electron chi connectivity index (χ2n) is 10.8. The molecule has 1 fully saturated rings. The first-order chi connectivity index (χ1) is 25.4. The first kappa shape index (κ1) is 43.7. The molecule has 2 aliphatic rings. The monoisotopic (exact) mass is 811 g/mol. The number of carbonyl (C=O) groups is 2. The summed E-state index contributed by atoms with van der Waals surface area (Å²) in [6, 6.07) is 3.15. The summed E-state index contributed by atoms with van der Waals surface area (Å²) in [5.74, 6) is -2.42. The maximum Gasteiger partial charge on any atom is 0.573 e. The smallest absolute Gasteiger partial charge is 0.410 e. The summed E-state index contributed by atoms with van der Waals surface area (Å²) >= 11 is 0.880. The summed E-state index contributed by atoms with van der Waals surface area (Å²) in [7, 11) is -3.11. The lowest BCUT2D eigenvalue weighted by molar-refractivity contribution is -0.306. The van der Waals surface area contributed by atoms with Gasteiger partial charge in [-0.15, -0.1) is 26.3 Å². The van der Waals surface area contributed by atoms with Crippen LogP contribution in [-0.2, 0) is 26.1 Å². The van der Waals surface area contributed by atoms with Crippen molar-refractivity contribution in [3.05, 3.63) is 68.7 Å². The Labute approximate surface area is 310 Å². The van der Waals surface area contributed by atoms with Gasteiger partial charge in [0.1, 0.15) is 27.8 Å². The number of benzene rings is 1. The van der Waals surface area contributed by atoms with Crippen LogP contribution in [0.4, 0.5) is 31.5 Å². The first-order valence-corrected chi connectivity index (χ1v) is 18.9. The van der Waals surface area contributed by atoms with E-state index in [1.807, 2.05) is 27.7 Å². The molecule has 1 aliphatic carbocycles. The second kappa shape index (κ2) is 18.6. The minimum absolute atomic E-state index is 0.000188. The Bertz CT molecular complexity index is 2000. The van der Waals surface area contributed by atoms with Gasteiger partial charge in [-0.1, -0.05) is 51.2 Å². The van der Waals surface area contributed by atoms with E-state index in [0.29, 0.717) is 5.56 Å². The van der Waals surface area contributed by atoms with Crippen molar-refractivity contribution in [2.75, 3.05) is 31.6 Å². The number of amides is 2. The predicted octanol–water partition coefficient (Wildman–Crippen LogP) is 5.32. The van der Waals surface area contributed by atoms with Crippen LogP contribution in [0.25, 0.3) is 10.2 Å². The van der Waals surface area contributed by atoms with Gasteiger partial charge < -0.3 is 25.0 Å². The van der Waals surface area contributed by atoms with Crippen molar-refractivity contribution in [3.63, 3.8) is 0 Å². The number of allylic oxidation sites excluding steroid dienone is 4. The lowest BCUT2D eigenvalue weighted by Gasteiger charge is -2.39. The van der Waals surface area contributed by atoms with Gasteiger partial charge in [0.05, 0.1) is 4.91 Å². The van der Waals surface area contributed by atoms with Crippen molar-refractivity contribution in [2.24, 2.45) is 0 Å². The topological polar surface area (TPSA) is 176 Å². The molecule has 3 aromatic rings. The summed E-state index contributed by atoms with van der Waals surface area (Å²) in [5.41, 5.74) is -0.479. The van der Waals surface area contributed by atoms with Crippen LogP contribution in [0, 0.1) is 0 Å². The number of halogens is 6. The number of ether oxygens (including phenoxy) is 2. The lowest BCUT2D eigenvalue weighted by atomic mass is 10.1. The van der Waals surface area contributed by atoms with Crippen LogP contribution in [0.1, 0.15) is 63.0 Å². The average Bonchev–Trinajstić information content (AvgIpc) is 3.46. The maximum absolute atomic E-state index is 14.0. The van der Waals surface area contributed by atoms with Gasteiger partial charge in [-0.2, -0.15) is 9.40 Å². The number of alkyl halides is 6. The zero-order valence-electron chi connectivity index (χ0n) is 29.7. The largest absolute Gasteiger partial charge is 0.573 e. The van der Waals surface area contributed by atoms with Crippen LogP contribution in [0.5, 0.6) is 5.75 Å². The Morgan fingerprint density at radius 1 is 0.981 bits per heavy atom. The number of thiazole rings is 1. The fraction of sp³-hybridized carbons (Fsp3) is 0.469. The third kappa shape index (κ3) is 11.2. The van der Waals surface area contributed by atoms with E-state index in [0.717, 1.165) is 39.9 Å². The van der Waals surface area contributed by atoms with Crippen LogP contribution < -0.4 is 25.8 Å². The molecule has 0 spiro atoms. The number of hydrogen-bond donors (Lipinski definition) is 3. The number of fused-ring (bicyclic) bond motifs is 1. The highest BCUT2D eigenvalue weighted by Crippen LogP contribution is 2.33. The summed E-state index contributed by atoms with van der Waals surface area (Å²) in [4.78, 5) is 44.2. The molecule has 3 N–H and O–H groups in total. The van der Waals surface area contributed by atoms with Gasteiger partial charge in [-0.3, -0.25) is 14.4 Å². The number of rotatable bonds is 9. The lowest BCUT2D eigenvalue weighted by Crippen LogP contribution is -2.60. The van der Waals surface area contributed by atoms with Crippen molar-refractivity contribution in [1.82, 2.24) is 30.1 Å². The molecule has 0 bridgehead atoms. The molecule has 1 aliphatic heterocycles. The van der Waals surface area contributed by atoms with Gasteiger partial charge in [0.25, 0.3) is 11.5 Å².